The van der Waals surface area contributed by atoms with E-state index in [0.29, 0.717) is 19.8 Å². The number of nitrogens with one attached hydrogen (secondary N) is 2. The third kappa shape index (κ3) is 1.97. The molecule has 0 aliphatic carbocycles. The summed E-state index contributed by atoms with van der Waals surface area (Å²) in [6.07, 6.45) is 0. The molecule has 1 aliphatic rings. The molecule has 1 fully saturated rings. The fourth-order valence-electron chi connectivity index (χ4n) is 0.758. The zero-order chi connectivity index (χ0) is 7.40. The first kappa shape index (κ1) is 7.50. The second-order valence-electron chi connectivity index (χ2n) is 2.33. The van der Waals surface area contributed by atoms with Crippen molar-refractivity contribution in [3.05, 3.63) is 0 Å². The van der Waals surface area contributed by atoms with Crippen LogP contribution in [0.25, 0.3) is 0 Å². The topological polar surface area (TPSA) is 50.4 Å². The Balaban J connectivity index is 2.05. The van der Waals surface area contributed by atoms with Crippen molar-refractivity contribution in [2.75, 3.05) is 26.8 Å². The Morgan fingerprint density at radius 1 is 1.70 bits per heavy atom. The molecule has 0 aromatic carbocycles. The van der Waals surface area contributed by atoms with E-state index in [2.05, 4.69) is 10.6 Å². The smallest absolute Gasteiger partial charge is 0.234 e. The van der Waals surface area contributed by atoms with Crippen LogP contribution in [-0.2, 0) is 9.53 Å². The first-order valence-corrected chi connectivity index (χ1v) is 3.34. The molecule has 1 aliphatic heterocycles. The molecule has 2 N–H and O–H groups in total. The highest BCUT2D eigenvalue weighted by Crippen LogP contribution is 1.98. The van der Waals surface area contributed by atoms with Crippen molar-refractivity contribution < 1.29 is 9.53 Å². The lowest BCUT2D eigenvalue weighted by molar-refractivity contribution is -0.124. The highest BCUT2D eigenvalue weighted by molar-refractivity contribution is 5.78. The van der Waals surface area contributed by atoms with E-state index in [1.165, 1.54) is 0 Å². The fourth-order valence-corrected chi connectivity index (χ4v) is 0.758. The Labute approximate surface area is 59.9 Å². The molecule has 1 amide bonds. The maximum Gasteiger partial charge on any atom is 0.234 e. The molecule has 58 valence electrons. The molecule has 0 bridgehead atoms. The van der Waals surface area contributed by atoms with Gasteiger partial charge in [0.15, 0.2) is 0 Å². The van der Waals surface area contributed by atoms with Gasteiger partial charge in [-0.2, -0.15) is 0 Å². The second-order valence-corrected chi connectivity index (χ2v) is 2.33. The molecule has 0 unspecified atom stereocenters. The molecule has 1 rings (SSSR count). The second kappa shape index (κ2) is 3.53. The predicted molar refractivity (Wildman–Crippen MR) is 36.7 cm³/mol. The van der Waals surface area contributed by atoms with Crippen LogP contribution >= 0.6 is 0 Å². The number of ether oxygens (including phenoxy) is 1. The summed E-state index contributed by atoms with van der Waals surface area (Å²) in [7, 11) is 1.75. The van der Waals surface area contributed by atoms with Gasteiger partial charge in [0.2, 0.25) is 5.91 Å². The van der Waals surface area contributed by atoms with Crippen molar-refractivity contribution in [1.29, 1.82) is 0 Å². The van der Waals surface area contributed by atoms with Crippen LogP contribution in [0.1, 0.15) is 0 Å². The third-order valence-electron chi connectivity index (χ3n) is 1.34. The van der Waals surface area contributed by atoms with E-state index in [0.717, 1.165) is 0 Å². The lowest BCUT2D eigenvalue weighted by atomic mass is 10.2. The highest BCUT2D eigenvalue weighted by Gasteiger charge is 2.19. The van der Waals surface area contributed by atoms with E-state index >= 15 is 0 Å². The lowest BCUT2D eigenvalue weighted by Gasteiger charge is -2.26. The molecular weight excluding hydrogens is 132 g/mol. The van der Waals surface area contributed by atoms with Crippen molar-refractivity contribution in [2.24, 2.45) is 0 Å². The van der Waals surface area contributed by atoms with Gasteiger partial charge < -0.3 is 15.4 Å². The van der Waals surface area contributed by atoms with E-state index in [1.807, 2.05) is 0 Å². The molecule has 1 saturated heterocycles. The van der Waals surface area contributed by atoms with Crippen molar-refractivity contribution in [2.45, 2.75) is 6.04 Å². The maximum absolute atomic E-state index is 10.8. The molecule has 0 saturated carbocycles. The number of carbonyl (C=O) groups excluding carboxylic acids is 1. The number of amides is 1. The van der Waals surface area contributed by atoms with Crippen LogP contribution in [-0.4, -0.2) is 38.8 Å². The normalized spacial score (nSPS) is 18.1. The largest absolute Gasteiger partial charge is 0.377 e. The van der Waals surface area contributed by atoms with Crippen LogP contribution in [0.2, 0.25) is 0 Å². The first-order chi connectivity index (χ1) is 4.83. The first-order valence-electron chi connectivity index (χ1n) is 3.34. The number of hydrogen-bond acceptors (Lipinski definition) is 3. The van der Waals surface area contributed by atoms with Crippen molar-refractivity contribution in [3.8, 4) is 0 Å². The molecule has 0 radical (unpaired) electrons. The summed E-state index contributed by atoms with van der Waals surface area (Å²) >= 11 is 0. The molecular formula is C6H12N2O2. The fraction of sp³-hybridized carbons (Fsp3) is 0.833. The SMILES string of the molecule is CNCC(=O)NC1COC1. The molecule has 0 aromatic heterocycles. The molecule has 0 atom stereocenters. The Morgan fingerprint density at radius 2 is 2.40 bits per heavy atom. The van der Waals surface area contributed by atoms with Gasteiger partial charge >= 0.3 is 0 Å². The Bertz CT molecular complexity index is 123. The number of likely N-dealkylation sites (N-methyl/N-ethyl adjacent to an activating group) is 1. The standard InChI is InChI=1S/C6H12N2O2/c1-7-2-6(9)8-5-3-10-4-5/h5,7H,2-4H2,1H3,(H,8,9). The zero-order valence-corrected chi connectivity index (χ0v) is 6.02. The van der Waals surface area contributed by atoms with Crippen LogP contribution in [0, 0.1) is 0 Å². The average Bonchev–Trinajstić information content (AvgIpc) is 1.80. The van der Waals surface area contributed by atoms with Crippen molar-refractivity contribution in [1.82, 2.24) is 10.6 Å². The summed E-state index contributed by atoms with van der Waals surface area (Å²) in [4.78, 5) is 10.8. The highest BCUT2D eigenvalue weighted by atomic mass is 16.5. The van der Waals surface area contributed by atoms with Gasteiger partial charge in [0.05, 0.1) is 25.8 Å². The van der Waals surface area contributed by atoms with Gasteiger partial charge in [-0.15, -0.1) is 0 Å². The van der Waals surface area contributed by atoms with E-state index in [9.17, 15) is 4.79 Å². The van der Waals surface area contributed by atoms with Crippen LogP contribution < -0.4 is 10.6 Å². The van der Waals surface area contributed by atoms with Crippen LogP contribution in [0.4, 0.5) is 0 Å². The quantitative estimate of drug-likeness (QED) is 0.519. The van der Waals surface area contributed by atoms with Crippen molar-refractivity contribution in [3.63, 3.8) is 0 Å². The molecule has 10 heavy (non-hydrogen) atoms. The summed E-state index contributed by atoms with van der Waals surface area (Å²) in [5, 5.41) is 5.56. The molecule has 0 aromatic rings. The average molecular weight is 144 g/mol. The summed E-state index contributed by atoms with van der Waals surface area (Å²) in [6, 6.07) is 0.251. The number of carbonyl (C=O) groups is 1. The van der Waals surface area contributed by atoms with Crippen molar-refractivity contribution >= 4 is 5.91 Å². The summed E-state index contributed by atoms with van der Waals surface area (Å²) in [5.41, 5.74) is 0. The zero-order valence-electron chi connectivity index (χ0n) is 6.02. The van der Waals surface area contributed by atoms with Crippen LogP contribution in [0.15, 0.2) is 0 Å². The van der Waals surface area contributed by atoms with Gasteiger partial charge in [0.25, 0.3) is 0 Å². The maximum atomic E-state index is 10.8. The van der Waals surface area contributed by atoms with E-state index in [1.54, 1.807) is 7.05 Å². The lowest BCUT2D eigenvalue weighted by Crippen LogP contribution is -2.50. The van der Waals surface area contributed by atoms with Gasteiger partial charge in [-0.05, 0) is 7.05 Å². The Hall–Kier alpha value is -0.610. The molecule has 0 spiro atoms. The van der Waals surface area contributed by atoms with Gasteiger partial charge in [-0.3, -0.25) is 4.79 Å². The van der Waals surface area contributed by atoms with Crippen LogP contribution in [0.3, 0.4) is 0 Å². The monoisotopic (exact) mass is 144 g/mol. The molecule has 4 nitrogen and oxygen atoms in total. The van der Waals surface area contributed by atoms with Gasteiger partial charge in [-0.25, -0.2) is 0 Å². The number of rotatable bonds is 3. The third-order valence-corrected chi connectivity index (χ3v) is 1.34. The minimum Gasteiger partial charge on any atom is -0.377 e. The summed E-state index contributed by atoms with van der Waals surface area (Å²) in [6.45, 7) is 1.71. The minimum absolute atomic E-state index is 0.0378. The predicted octanol–water partition coefficient (Wildman–Crippen LogP) is -1.28. The number of hydrogen-bond donors (Lipinski definition) is 2. The Morgan fingerprint density at radius 3 is 2.80 bits per heavy atom. The van der Waals surface area contributed by atoms with Gasteiger partial charge in [0.1, 0.15) is 0 Å². The summed E-state index contributed by atoms with van der Waals surface area (Å²) in [5.74, 6) is 0.0378. The minimum atomic E-state index is 0.0378. The Kier molecular flexibility index (Phi) is 2.65. The van der Waals surface area contributed by atoms with Crippen LogP contribution in [0.5, 0.6) is 0 Å². The van der Waals surface area contributed by atoms with Gasteiger partial charge in [0, 0.05) is 0 Å². The van der Waals surface area contributed by atoms with E-state index < -0.39 is 0 Å². The molecule has 1 heterocycles. The van der Waals surface area contributed by atoms with Gasteiger partial charge in [-0.1, -0.05) is 0 Å². The summed E-state index contributed by atoms with van der Waals surface area (Å²) < 4.78 is 4.88. The van der Waals surface area contributed by atoms with E-state index in [-0.39, 0.29) is 11.9 Å². The van der Waals surface area contributed by atoms with E-state index in [4.69, 9.17) is 4.74 Å². The molecule has 4 heteroatoms.